The minimum Gasteiger partial charge on any atom is -0.504 e. The highest BCUT2D eigenvalue weighted by molar-refractivity contribution is 5.93. The van der Waals surface area contributed by atoms with E-state index in [2.05, 4.69) is 0 Å². The second-order valence-electron chi connectivity index (χ2n) is 3.29. The van der Waals surface area contributed by atoms with Crippen LogP contribution in [-0.2, 0) is 0 Å². The number of hydrogen-bond acceptors (Lipinski definition) is 2. The third kappa shape index (κ3) is 2.11. The van der Waals surface area contributed by atoms with Crippen molar-refractivity contribution in [2.45, 2.75) is 20.8 Å². The van der Waals surface area contributed by atoms with Gasteiger partial charge in [0, 0.05) is 5.39 Å². The average molecular weight is 218 g/mol. The molecule has 0 fully saturated rings. The first-order valence-corrected chi connectivity index (χ1v) is 5.49. The fourth-order valence-electron chi connectivity index (χ4n) is 1.73. The zero-order chi connectivity index (χ0) is 12.1. The first-order valence-electron chi connectivity index (χ1n) is 5.49. The summed E-state index contributed by atoms with van der Waals surface area (Å²) in [6.45, 7) is 5.97. The lowest BCUT2D eigenvalue weighted by atomic mass is 10.0. The van der Waals surface area contributed by atoms with Crippen LogP contribution in [0.15, 0.2) is 30.3 Å². The van der Waals surface area contributed by atoms with E-state index >= 15 is 0 Å². The van der Waals surface area contributed by atoms with E-state index in [-0.39, 0.29) is 5.75 Å². The summed E-state index contributed by atoms with van der Waals surface area (Å²) >= 11 is 0. The van der Waals surface area contributed by atoms with Crippen molar-refractivity contribution in [2.24, 2.45) is 0 Å². The second kappa shape index (κ2) is 5.40. The minimum atomic E-state index is 0.198. The number of hydrogen-bond donors (Lipinski definition) is 1. The third-order valence-corrected chi connectivity index (χ3v) is 2.39. The fraction of sp³-hybridized carbons (Fsp3) is 0.286. The maximum atomic E-state index is 9.66. The van der Waals surface area contributed by atoms with E-state index in [1.165, 1.54) is 0 Å². The van der Waals surface area contributed by atoms with Crippen molar-refractivity contribution in [3.8, 4) is 11.5 Å². The van der Waals surface area contributed by atoms with Crippen molar-refractivity contribution in [1.82, 2.24) is 0 Å². The minimum absolute atomic E-state index is 0.198. The third-order valence-electron chi connectivity index (χ3n) is 2.39. The van der Waals surface area contributed by atoms with Crippen molar-refractivity contribution in [3.63, 3.8) is 0 Å². The summed E-state index contributed by atoms with van der Waals surface area (Å²) in [6.07, 6.45) is 0. The van der Waals surface area contributed by atoms with Gasteiger partial charge in [-0.05, 0) is 23.9 Å². The van der Waals surface area contributed by atoms with E-state index in [4.69, 9.17) is 4.74 Å². The zero-order valence-corrected chi connectivity index (χ0v) is 10.2. The van der Waals surface area contributed by atoms with Crippen LogP contribution < -0.4 is 4.74 Å². The van der Waals surface area contributed by atoms with Crippen molar-refractivity contribution in [3.05, 3.63) is 35.9 Å². The van der Waals surface area contributed by atoms with Gasteiger partial charge in [0.2, 0.25) is 0 Å². The molecule has 0 bridgehead atoms. The van der Waals surface area contributed by atoms with Crippen molar-refractivity contribution in [2.75, 3.05) is 7.11 Å². The van der Waals surface area contributed by atoms with Crippen molar-refractivity contribution < 1.29 is 9.84 Å². The molecular formula is C14H18O2. The van der Waals surface area contributed by atoms with E-state index in [1.807, 2.05) is 45.0 Å². The molecule has 2 heteroatoms. The predicted octanol–water partition coefficient (Wildman–Crippen LogP) is 3.89. The van der Waals surface area contributed by atoms with Gasteiger partial charge in [-0.3, -0.25) is 0 Å². The Bertz CT molecular complexity index is 475. The molecule has 0 saturated carbocycles. The Morgan fingerprint density at radius 3 is 2.19 bits per heavy atom. The summed E-state index contributed by atoms with van der Waals surface area (Å²) < 4.78 is 5.16. The number of benzene rings is 2. The fourth-order valence-corrected chi connectivity index (χ4v) is 1.73. The van der Waals surface area contributed by atoms with Crippen LogP contribution in [0.2, 0.25) is 0 Å². The summed E-state index contributed by atoms with van der Waals surface area (Å²) in [4.78, 5) is 0. The largest absolute Gasteiger partial charge is 0.504 e. The second-order valence-corrected chi connectivity index (χ2v) is 3.29. The van der Waals surface area contributed by atoms with Crippen LogP contribution in [0.25, 0.3) is 10.8 Å². The van der Waals surface area contributed by atoms with Crippen LogP contribution in [0.3, 0.4) is 0 Å². The summed E-state index contributed by atoms with van der Waals surface area (Å²) in [6, 6.07) is 9.60. The number of phenols is 1. The number of fused-ring (bicyclic) bond motifs is 1. The van der Waals surface area contributed by atoms with E-state index in [0.717, 1.165) is 16.3 Å². The summed E-state index contributed by atoms with van der Waals surface area (Å²) in [7, 11) is 1.57. The molecule has 1 N–H and O–H groups in total. The molecule has 0 aliphatic carbocycles. The topological polar surface area (TPSA) is 29.5 Å². The van der Waals surface area contributed by atoms with Gasteiger partial charge in [0.1, 0.15) is 0 Å². The molecule has 0 spiro atoms. The molecule has 0 heterocycles. The van der Waals surface area contributed by atoms with Crippen LogP contribution in [0.5, 0.6) is 11.5 Å². The number of ether oxygens (including phenoxy) is 1. The lowest BCUT2D eigenvalue weighted by molar-refractivity contribution is 0.378. The van der Waals surface area contributed by atoms with Crippen LogP contribution in [0.1, 0.15) is 19.4 Å². The molecule has 0 aromatic heterocycles. The van der Waals surface area contributed by atoms with Gasteiger partial charge >= 0.3 is 0 Å². The molecule has 2 rings (SSSR count). The standard InChI is InChI=1S/C12H12O2.C2H6/c1-8-7-11(13)12(14-2)10-6-4-3-5-9(8)10;1-2/h3-7,13H,1-2H3;1-2H3. The molecule has 86 valence electrons. The van der Waals surface area contributed by atoms with Crippen LogP contribution in [0, 0.1) is 6.92 Å². The number of aromatic hydroxyl groups is 1. The normalized spacial score (nSPS) is 9.50. The maximum Gasteiger partial charge on any atom is 0.168 e. The molecule has 0 saturated heterocycles. The number of rotatable bonds is 1. The van der Waals surface area contributed by atoms with E-state index in [0.29, 0.717) is 5.75 Å². The van der Waals surface area contributed by atoms with Gasteiger partial charge in [0.25, 0.3) is 0 Å². The molecule has 0 amide bonds. The van der Waals surface area contributed by atoms with Gasteiger partial charge in [-0.15, -0.1) is 0 Å². The molecule has 16 heavy (non-hydrogen) atoms. The molecule has 0 atom stereocenters. The van der Waals surface area contributed by atoms with Gasteiger partial charge in [0.05, 0.1) is 7.11 Å². The molecule has 0 aliphatic heterocycles. The summed E-state index contributed by atoms with van der Waals surface area (Å²) in [5.74, 6) is 0.745. The highest BCUT2D eigenvalue weighted by Crippen LogP contribution is 2.36. The molecule has 0 radical (unpaired) electrons. The quantitative estimate of drug-likeness (QED) is 0.786. The lowest BCUT2D eigenvalue weighted by Crippen LogP contribution is -1.87. The first-order chi connectivity index (χ1) is 7.74. The molecule has 2 nitrogen and oxygen atoms in total. The first kappa shape index (κ1) is 12.4. The number of aryl methyl sites for hydroxylation is 1. The SMILES string of the molecule is CC.COc1c(O)cc(C)c2ccccc12. The predicted molar refractivity (Wildman–Crippen MR) is 68.2 cm³/mol. The monoisotopic (exact) mass is 218 g/mol. The van der Waals surface area contributed by atoms with Crippen LogP contribution in [-0.4, -0.2) is 12.2 Å². The van der Waals surface area contributed by atoms with Crippen LogP contribution in [0.4, 0.5) is 0 Å². The van der Waals surface area contributed by atoms with Crippen molar-refractivity contribution in [1.29, 1.82) is 0 Å². The Kier molecular flexibility index (Phi) is 4.18. The lowest BCUT2D eigenvalue weighted by Gasteiger charge is -2.09. The van der Waals surface area contributed by atoms with Gasteiger partial charge in [-0.1, -0.05) is 38.1 Å². The number of methoxy groups -OCH3 is 1. The molecule has 2 aromatic carbocycles. The summed E-state index contributed by atoms with van der Waals surface area (Å²) in [5, 5.41) is 11.7. The Morgan fingerprint density at radius 2 is 1.62 bits per heavy atom. The Hall–Kier alpha value is -1.70. The number of phenolic OH excluding ortho intramolecular Hbond substituents is 1. The zero-order valence-electron chi connectivity index (χ0n) is 10.2. The molecular weight excluding hydrogens is 200 g/mol. The highest BCUT2D eigenvalue weighted by Gasteiger charge is 2.08. The van der Waals surface area contributed by atoms with Gasteiger partial charge in [-0.2, -0.15) is 0 Å². The molecule has 0 unspecified atom stereocenters. The van der Waals surface area contributed by atoms with Gasteiger partial charge in [-0.25, -0.2) is 0 Å². The van der Waals surface area contributed by atoms with E-state index in [9.17, 15) is 5.11 Å². The maximum absolute atomic E-state index is 9.66. The van der Waals surface area contributed by atoms with Crippen LogP contribution >= 0.6 is 0 Å². The van der Waals surface area contributed by atoms with Crippen molar-refractivity contribution >= 4 is 10.8 Å². The Morgan fingerprint density at radius 1 is 1.06 bits per heavy atom. The average Bonchev–Trinajstić information content (AvgIpc) is 2.32. The summed E-state index contributed by atoms with van der Waals surface area (Å²) in [5.41, 5.74) is 1.05. The van der Waals surface area contributed by atoms with Gasteiger partial charge in [0.15, 0.2) is 11.5 Å². The van der Waals surface area contributed by atoms with E-state index in [1.54, 1.807) is 13.2 Å². The Balaban J connectivity index is 0.000000606. The smallest absolute Gasteiger partial charge is 0.168 e. The highest BCUT2D eigenvalue weighted by atomic mass is 16.5. The van der Waals surface area contributed by atoms with E-state index < -0.39 is 0 Å². The van der Waals surface area contributed by atoms with Gasteiger partial charge < -0.3 is 9.84 Å². The molecule has 0 aliphatic rings. The molecule has 2 aromatic rings. The Labute approximate surface area is 96.5 Å².